The van der Waals surface area contributed by atoms with E-state index in [1.807, 2.05) is 16.4 Å². The van der Waals surface area contributed by atoms with Crippen LogP contribution in [0.3, 0.4) is 0 Å². The molecule has 1 aliphatic carbocycles. The van der Waals surface area contributed by atoms with Gasteiger partial charge in [-0.2, -0.15) is 16.9 Å². The van der Waals surface area contributed by atoms with Crippen LogP contribution >= 0.6 is 35.7 Å². The van der Waals surface area contributed by atoms with Gasteiger partial charge in [0, 0.05) is 17.8 Å². The van der Waals surface area contributed by atoms with Crippen molar-refractivity contribution in [2.24, 2.45) is 4.99 Å². The molecule has 2 atom stereocenters. The summed E-state index contributed by atoms with van der Waals surface area (Å²) in [5.74, 6) is 0.914. The largest absolute Gasteiger partial charge is 0.357 e. The molecule has 0 radical (unpaired) electrons. The summed E-state index contributed by atoms with van der Waals surface area (Å²) < 4.78 is 1.83. The van der Waals surface area contributed by atoms with Gasteiger partial charge in [0.2, 0.25) is 0 Å². The molecule has 0 saturated heterocycles. The summed E-state index contributed by atoms with van der Waals surface area (Å²) in [7, 11) is 0. The number of hydrogen-bond donors (Lipinski definition) is 2. The molecule has 2 N–H and O–H groups in total. The summed E-state index contributed by atoms with van der Waals surface area (Å²) in [4.78, 5) is 8.93. The normalized spacial score (nSPS) is 18.1. The van der Waals surface area contributed by atoms with Crippen LogP contribution in [0.4, 0.5) is 0 Å². The van der Waals surface area contributed by atoms with Gasteiger partial charge >= 0.3 is 0 Å². The van der Waals surface area contributed by atoms with Gasteiger partial charge in [0.1, 0.15) is 12.7 Å². The van der Waals surface area contributed by atoms with Gasteiger partial charge in [0.15, 0.2) is 5.96 Å². The van der Waals surface area contributed by atoms with Crippen molar-refractivity contribution >= 4 is 41.7 Å². The third-order valence-corrected chi connectivity index (χ3v) is 7.00. The number of hydrogen-bond acceptors (Lipinski definition) is 4. The molecule has 1 aromatic heterocycles. The maximum absolute atomic E-state index is 4.92. The zero-order valence-corrected chi connectivity index (χ0v) is 22.4. The Morgan fingerprint density at radius 3 is 2.67 bits per heavy atom. The fraction of sp³-hybridized carbons (Fsp3) is 0.400. The van der Waals surface area contributed by atoms with Crippen molar-refractivity contribution in [1.82, 2.24) is 25.4 Å². The number of thioether (sulfide) groups is 1. The Kier molecular flexibility index (Phi) is 10.1. The van der Waals surface area contributed by atoms with Gasteiger partial charge < -0.3 is 10.6 Å². The zero-order chi connectivity index (χ0) is 22.2. The highest BCUT2D eigenvalue weighted by Crippen LogP contribution is 2.28. The van der Waals surface area contributed by atoms with Crippen molar-refractivity contribution in [2.75, 3.05) is 12.8 Å². The lowest BCUT2D eigenvalue weighted by atomic mass is 9.98. The molecule has 2 aromatic carbocycles. The van der Waals surface area contributed by atoms with E-state index >= 15 is 0 Å². The first-order valence-corrected chi connectivity index (χ1v) is 12.6. The molecule has 1 heterocycles. The van der Waals surface area contributed by atoms with Crippen LogP contribution in [0.15, 0.2) is 66.2 Å². The summed E-state index contributed by atoms with van der Waals surface area (Å²) in [6, 6.07) is 17.7. The highest BCUT2D eigenvalue weighted by atomic mass is 127. The number of nitrogens with one attached hydrogen (secondary N) is 2. The van der Waals surface area contributed by atoms with Crippen molar-refractivity contribution in [3.63, 3.8) is 0 Å². The van der Waals surface area contributed by atoms with E-state index in [4.69, 9.17) is 4.99 Å². The predicted octanol–water partition coefficient (Wildman–Crippen LogP) is 4.95. The molecule has 2 unspecified atom stereocenters. The van der Waals surface area contributed by atoms with E-state index in [0.717, 1.165) is 24.3 Å². The molecule has 8 heteroatoms. The third kappa shape index (κ3) is 7.20. The van der Waals surface area contributed by atoms with Crippen molar-refractivity contribution in [2.45, 2.75) is 50.6 Å². The van der Waals surface area contributed by atoms with Gasteiger partial charge in [0.05, 0.1) is 13.1 Å². The second-order valence-electron chi connectivity index (χ2n) is 8.15. The molecule has 0 amide bonds. The number of guanidine groups is 1. The van der Waals surface area contributed by atoms with Gasteiger partial charge in [-0.15, -0.1) is 24.0 Å². The molecule has 1 fully saturated rings. The molecule has 33 heavy (non-hydrogen) atoms. The molecule has 0 aliphatic heterocycles. The highest BCUT2D eigenvalue weighted by Gasteiger charge is 2.24. The van der Waals surface area contributed by atoms with Crippen LogP contribution in [0.5, 0.6) is 0 Å². The summed E-state index contributed by atoms with van der Waals surface area (Å²) >= 11 is 1.98. The van der Waals surface area contributed by atoms with E-state index < -0.39 is 0 Å². The maximum atomic E-state index is 4.92. The van der Waals surface area contributed by atoms with Crippen LogP contribution in [0.1, 0.15) is 37.3 Å². The minimum atomic E-state index is 0. The fourth-order valence-corrected chi connectivity index (χ4v) is 4.99. The number of benzene rings is 2. The lowest BCUT2D eigenvalue weighted by molar-refractivity contribution is 0.615. The maximum Gasteiger partial charge on any atom is 0.191 e. The lowest BCUT2D eigenvalue weighted by Gasteiger charge is -2.17. The first-order chi connectivity index (χ1) is 15.7. The van der Waals surface area contributed by atoms with Gasteiger partial charge in [0.25, 0.3) is 0 Å². The number of nitrogens with zero attached hydrogens (tertiary/aromatic N) is 4. The first kappa shape index (κ1) is 25.6. The van der Waals surface area contributed by atoms with Crippen molar-refractivity contribution in [1.29, 1.82) is 0 Å². The monoisotopic (exact) mass is 576 g/mol. The Morgan fingerprint density at radius 1 is 1.15 bits per heavy atom. The van der Waals surface area contributed by atoms with Crippen LogP contribution in [-0.4, -0.2) is 44.8 Å². The van der Waals surface area contributed by atoms with E-state index in [2.05, 4.69) is 82.4 Å². The van der Waals surface area contributed by atoms with Gasteiger partial charge in [-0.3, -0.25) is 0 Å². The molecule has 6 nitrogen and oxygen atoms in total. The molecular weight excluding hydrogens is 543 g/mol. The minimum Gasteiger partial charge on any atom is -0.357 e. The van der Waals surface area contributed by atoms with E-state index in [0.29, 0.717) is 12.6 Å². The Bertz CT molecular complexity index is 1010. The molecule has 3 aromatic rings. The second-order valence-corrected chi connectivity index (χ2v) is 9.29. The number of rotatable bonds is 8. The minimum absolute atomic E-state index is 0. The fourth-order valence-electron chi connectivity index (χ4n) is 4.19. The van der Waals surface area contributed by atoms with E-state index in [9.17, 15) is 0 Å². The average molecular weight is 577 g/mol. The van der Waals surface area contributed by atoms with Crippen LogP contribution in [0.25, 0.3) is 11.1 Å². The van der Waals surface area contributed by atoms with Crippen molar-refractivity contribution in [3.8, 4) is 11.1 Å². The van der Waals surface area contributed by atoms with Gasteiger partial charge in [-0.1, -0.05) is 48.5 Å². The Morgan fingerprint density at radius 2 is 1.97 bits per heavy atom. The predicted molar refractivity (Wildman–Crippen MR) is 149 cm³/mol. The average Bonchev–Trinajstić information content (AvgIpc) is 3.50. The molecule has 0 bridgehead atoms. The standard InChI is InChI=1S/C25H32N6S.HI/c1-3-27-25(30-22-12-13-23(14-22)32-2)28-15-21-6-4-5-7-24(21)20-10-8-19(9-11-20)16-31-18-26-17-29-31;/h4-11,17-18,22-23H,3,12-16H2,1-2H3,(H2,27,28,30);1H. The molecular formula is C25H33IN6S. The Balaban J connectivity index is 0.00000306. The Labute approximate surface area is 218 Å². The first-order valence-electron chi connectivity index (χ1n) is 11.3. The lowest BCUT2D eigenvalue weighted by Crippen LogP contribution is -2.42. The van der Waals surface area contributed by atoms with Crippen LogP contribution in [-0.2, 0) is 13.1 Å². The second kappa shape index (κ2) is 13.0. The van der Waals surface area contributed by atoms with E-state index in [1.54, 1.807) is 12.7 Å². The van der Waals surface area contributed by atoms with Crippen LogP contribution in [0, 0.1) is 0 Å². The molecule has 0 spiro atoms. The summed E-state index contributed by atoms with van der Waals surface area (Å²) in [6.45, 7) is 4.35. The van der Waals surface area contributed by atoms with Gasteiger partial charge in [-0.25, -0.2) is 14.7 Å². The summed E-state index contributed by atoms with van der Waals surface area (Å²) in [5.41, 5.74) is 4.85. The van der Waals surface area contributed by atoms with Crippen LogP contribution in [0.2, 0.25) is 0 Å². The molecule has 1 saturated carbocycles. The SMILES string of the molecule is CCNC(=NCc1ccccc1-c1ccc(Cn2cncn2)cc1)NC1CCC(SC)C1.I. The van der Waals surface area contributed by atoms with Crippen LogP contribution < -0.4 is 10.6 Å². The Hall–Kier alpha value is -2.07. The number of aromatic nitrogens is 3. The van der Waals surface area contributed by atoms with Gasteiger partial charge in [-0.05, 0) is 54.7 Å². The number of aliphatic imine (C=N–C) groups is 1. The summed E-state index contributed by atoms with van der Waals surface area (Å²) in [5, 5.41) is 12.0. The third-order valence-electron chi connectivity index (χ3n) is 5.90. The summed E-state index contributed by atoms with van der Waals surface area (Å²) in [6.07, 6.45) is 9.23. The molecule has 4 rings (SSSR count). The smallest absolute Gasteiger partial charge is 0.191 e. The van der Waals surface area contributed by atoms with Crippen molar-refractivity contribution < 1.29 is 0 Å². The zero-order valence-electron chi connectivity index (χ0n) is 19.3. The highest BCUT2D eigenvalue weighted by molar-refractivity contribution is 14.0. The van der Waals surface area contributed by atoms with Crippen molar-refractivity contribution in [3.05, 3.63) is 72.3 Å². The molecule has 176 valence electrons. The van der Waals surface area contributed by atoms with E-state index in [-0.39, 0.29) is 24.0 Å². The topological polar surface area (TPSA) is 67.1 Å². The molecule has 1 aliphatic rings. The number of halogens is 1. The quantitative estimate of drug-likeness (QED) is 0.226. The van der Waals surface area contributed by atoms with E-state index in [1.165, 1.54) is 41.5 Å².